The zero-order valence-corrected chi connectivity index (χ0v) is 33.5. The van der Waals surface area contributed by atoms with Crippen LogP contribution in [0.4, 0.5) is 0 Å². The van der Waals surface area contributed by atoms with E-state index in [9.17, 15) is 19.0 Å². The molecule has 0 spiro atoms. The van der Waals surface area contributed by atoms with Gasteiger partial charge in [0, 0.05) is 12.8 Å². The summed E-state index contributed by atoms with van der Waals surface area (Å²) in [6.45, 7) is 4.31. The molecular weight excluding hydrogens is 653 g/mol. The van der Waals surface area contributed by atoms with Gasteiger partial charge in [0.2, 0.25) is 0 Å². The SMILES string of the molecule is CCCC/C=C/CCCCCCCC(=O)OC[C@H](COP(=O)(O)OCC[N+](C)(C)C)OC(=O)CCCCCCC/C=C/C=C/CCCCCC. The molecule has 0 saturated heterocycles. The summed E-state index contributed by atoms with van der Waals surface area (Å²) in [7, 11) is 1.46. The average Bonchev–Trinajstić information content (AvgIpc) is 3.06. The number of likely N-dealkylation sites (N-methyl/N-ethyl adjacent to an activating group) is 1. The first kappa shape index (κ1) is 48.2. The smallest absolute Gasteiger partial charge is 0.462 e. The van der Waals surface area contributed by atoms with Gasteiger partial charge in [-0.25, -0.2) is 4.57 Å². The van der Waals surface area contributed by atoms with Gasteiger partial charge in [0.25, 0.3) is 0 Å². The molecule has 0 radical (unpaired) electrons. The number of hydrogen-bond acceptors (Lipinski definition) is 7. The predicted molar refractivity (Wildman–Crippen MR) is 206 cm³/mol. The molecule has 10 heteroatoms. The number of phosphoric ester groups is 1. The van der Waals surface area contributed by atoms with Crippen molar-refractivity contribution < 1.29 is 42.1 Å². The van der Waals surface area contributed by atoms with E-state index in [2.05, 4.69) is 50.3 Å². The Kier molecular flexibility index (Phi) is 31.9. The van der Waals surface area contributed by atoms with Crippen LogP contribution in [-0.2, 0) is 32.7 Å². The molecule has 292 valence electrons. The monoisotopic (exact) mass is 729 g/mol. The number of quaternary nitrogens is 1. The third-order valence-corrected chi connectivity index (χ3v) is 9.15. The van der Waals surface area contributed by atoms with E-state index in [-0.39, 0.29) is 32.0 Å². The lowest BCUT2D eigenvalue weighted by Crippen LogP contribution is -2.37. The molecule has 1 unspecified atom stereocenters. The zero-order valence-electron chi connectivity index (χ0n) is 32.6. The average molecular weight is 729 g/mol. The highest BCUT2D eigenvalue weighted by Gasteiger charge is 2.27. The maximum atomic E-state index is 12.6. The minimum absolute atomic E-state index is 0.0267. The fourth-order valence-corrected chi connectivity index (χ4v) is 5.73. The lowest BCUT2D eigenvalue weighted by Gasteiger charge is -2.24. The number of rotatable bonds is 35. The molecule has 2 atom stereocenters. The third kappa shape index (κ3) is 36.0. The van der Waals surface area contributed by atoms with E-state index in [0.717, 1.165) is 83.5 Å². The van der Waals surface area contributed by atoms with Crippen molar-refractivity contribution in [2.75, 3.05) is 47.5 Å². The molecule has 0 aromatic carbocycles. The van der Waals surface area contributed by atoms with Gasteiger partial charge in [0.1, 0.15) is 19.8 Å². The van der Waals surface area contributed by atoms with Crippen LogP contribution in [-0.4, -0.2) is 74.9 Å². The van der Waals surface area contributed by atoms with E-state index in [1.54, 1.807) is 0 Å². The first-order valence-corrected chi connectivity index (χ1v) is 21.2. The fourth-order valence-electron chi connectivity index (χ4n) is 4.98. The minimum atomic E-state index is -4.37. The molecule has 9 nitrogen and oxygen atoms in total. The minimum Gasteiger partial charge on any atom is -0.462 e. The van der Waals surface area contributed by atoms with Crippen molar-refractivity contribution in [2.24, 2.45) is 0 Å². The van der Waals surface area contributed by atoms with E-state index < -0.39 is 26.5 Å². The fraction of sp³-hybridized carbons (Fsp3) is 0.800. The largest absolute Gasteiger partial charge is 0.472 e. The highest BCUT2D eigenvalue weighted by Crippen LogP contribution is 2.43. The van der Waals surface area contributed by atoms with Crippen LogP contribution < -0.4 is 0 Å². The topological polar surface area (TPSA) is 108 Å². The van der Waals surface area contributed by atoms with Crippen molar-refractivity contribution in [2.45, 2.75) is 161 Å². The molecule has 0 amide bonds. The van der Waals surface area contributed by atoms with Gasteiger partial charge in [-0.3, -0.25) is 18.6 Å². The molecule has 50 heavy (non-hydrogen) atoms. The van der Waals surface area contributed by atoms with E-state index in [1.807, 2.05) is 21.1 Å². The summed E-state index contributed by atoms with van der Waals surface area (Å²) in [6, 6.07) is 0. The van der Waals surface area contributed by atoms with Gasteiger partial charge in [0.05, 0.1) is 27.7 Å². The van der Waals surface area contributed by atoms with Crippen molar-refractivity contribution in [3.05, 3.63) is 36.5 Å². The Morgan fingerprint density at radius 1 is 0.620 bits per heavy atom. The van der Waals surface area contributed by atoms with Crippen molar-refractivity contribution in [3.8, 4) is 0 Å². The normalized spacial score (nSPS) is 14.1. The number of carbonyl (C=O) groups is 2. The lowest BCUT2D eigenvalue weighted by molar-refractivity contribution is -0.870. The van der Waals surface area contributed by atoms with Crippen molar-refractivity contribution >= 4 is 19.8 Å². The Labute approximate surface area is 306 Å². The molecule has 1 N–H and O–H groups in total. The summed E-state index contributed by atoms with van der Waals surface area (Å²) < 4.78 is 34.1. The number of nitrogens with zero attached hydrogens (tertiary/aromatic N) is 1. The highest BCUT2D eigenvalue weighted by molar-refractivity contribution is 7.47. The van der Waals surface area contributed by atoms with Gasteiger partial charge in [-0.2, -0.15) is 0 Å². The van der Waals surface area contributed by atoms with Crippen molar-refractivity contribution in [3.63, 3.8) is 0 Å². The molecule has 0 heterocycles. The number of ether oxygens (including phenoxy) is 2. The molecule has 0 aliphatic heterocycles. The van der Waals surface area contributed by atoms with Gasteiger partial charge >= 0.3 is 19.8 Å². The van der Waals surface area contributed by atoms with Crippen LogP contribution in [0.25, 0.3) is 0 Å². The Morgan fingerprint density at radius 2 is 1.10 bits per heavy atom. The Bertz CT molecular complexity index is 959. The van der Waals surface area contributed by atoms with Gasteiger partial charge in [0.15, 0.2) is 6.10 Å². The summed E-state index contributed by atoms with van der Waals surface area (Å²) in [5.74, 6) is -0.831. The van der Waals surface area contributed by atoms with Crippen LogP contribution >= 0.6 is 7.82 Å². The summed E-state index contributed by atoms with van der Waals surface area (Å²) in [4.78, 5) is 35.2. The molecule has 0 rings (SSSR count). The third-order valence-electron chi connectivity index (χ3n) is 8.17. The van der Waals surface area contributed by atoms with Crippen LogP contribution in [0.5, 0.6) is 0 Å². The highest BCUT2D eigenvalue weighted by atomic mass is 31.2. The van der Waals surface area contributed by atoms with Crippen LogP contribution in [0.15, 0.2) is 36.5 Å². The zero-order chi connectivity index (χ0) is 37.2. The molecule has 0 bridgehead atoms. The summed E-state index contributed by atoms with van der Waals surface area (Å²) in [6.07, 6.45) is 34.7. The second-order valence-electron chi connectivity index (χ2n) is 14.3. The van der Waals surface area contributed by atoms with E-state index in [4.69, 9.17) is 18.5 Å². The van der Waals surface area contributed by atoms with Gasteiger partial charge in [-0.15, -0.1) is 0 Å². The maximum Gasteiger partial charge on any atom is 0.472 e. The molecule has 0 saturated carbocycles. The quantitative estimate of drug-likeness (QED) is 0.0172. The van der Waals surface area contributed by atoms with Crippen LogP contribution in [0.2, 0.25) is 0 Å². The molecule has 0 fully saturated rings. The number of carbonyl (C=O) groups excluding carboxylic acids is 2. The molecule has 0 aliphatic rings. The Balaban J connectivity index is 4.47. The number of phosphoric acid groups is 1. The maximum absolute atomic E-state index is 12.6. The molecule has 0 aromatic heterocycles. The Morgan fingerprint density at radius 3 is 1.66 bits per heavy atom. The second-order valence-corrected chi connectivity index (χ2v) is 15.8. The van der Waals surface area contributed by atoms with Crippen LogP contribution in [0.3, 0.4) is 0 Å². The summed E-state index contributed by atoms with van der Waals surface area (Å²) in [5.41, 5.74) is 0. The standard InChI is InChI=1S/C40H74NO8P/c1-6-8-10-12-14-16-18-19-20-21-23-25-27-29-31-33-40(43)49-38(37-48-50(44,45)47-35-34-41(3,4)5)36-46-39(42)32-30-28-26-24-22-17-15-13-11-9-7-2/h13,15-16,18-20,38H,6-12,14,17,21-37H2,1-5H3/p+1/b15-13+,18-16+,20-19+/t38-/m1/s1. The van der Waals surface area contributed by atoms with Crippen LogP contribution in [0, 0.1) is 0 Å². The van der Waals surface area contributed by atoms with E-state index in [0.29, 0.717) is 17.4 Å². The molecular formula is C40H75NO8P+. The van der Waals surface area contributed by atoms with Gasteiger partial charge in [-0.1, -0.05) is 121 Å². The lowest BCUT2D eigenvalue weighted by atomic mass is 10.1. The van der Waals surface area contributed by atoms with Crippen molar-refractivity contribution in [1.29, 1.82) is 0 Å². The summed E-state index contributed by atoms with van der Waals surface area (Å²) in [5, 5.41) is 0. The summed E-state index contributed by atoms with van der Waals surface area (Å²) >= 11 is 0. The first-order chi connectivity index (χ1) is 24.0. The van der Waals surface area contributed by atoms with E-state index >= 15 is 0 Å². The first-order valence-electron chi connectivity index (χ1n) is 19.7. The van der Waals surface area contributed by atoms with Crippen LogP contribution in [0.1, 0.15) is 155 Å². The van der Waals surface area contributed by atoms with Gasteiger partial charge < -0.3 is 18.9 Å². The number of allylic oxidation sites excluding steroid dienone is 6. The predicted octanol–water partition coefficient (Wildman–Crippen LogP) is 10.6. The van der Waals surface area contributed by atoms with E-state index in [1.165, 1.54) is 38.5 Å². The number of esters is 2. The molecule has 0 aromatic rings. The Hall–Kier alpha value is -1.77. The second kappa shape index (κ2) is 33.1. The number of unbranched alkanes of at least 4 members (excludes halogenated alkanes) is 16. The van der Waals surface area contributed by atoms with Crippen molar-refractivity contribution in [1.82, 2.24) is 0 Å². The number of hydrogen-bond donors (Lipinski definition) is 1. The molecule has 0 aliphatic carbocycles. The van der Waals surface area contributed by atoms with Gasteiger partial charge in [-0.05, 0) is 57.8 Å².